The van der Waals surface area contributed by atoms with Gasteiger partial charge in [0, 0.05) is 6.54 Å². The van der Waals surface area contributed by atoms with Crippen LogP contribution in [0.3, 0.4) is 0 Å². The molecule has 0 saturated heterocycles. The van der Waals surface area contributed by atoms with Crippen LogP contribution < -0.4 is 10.1 Å². The van der Waals surface area contributed by atoms with Gasteiger partial charge in [0.05, 0.1) is 7.11 Å². The molecule has 0 unspecified atom stereocenters. The van der Waals surface area contributed by atoms with Gasteiger partial charge in [0.25, 0.3) is 0 Å². The lowest BCUT2D eigenvalue weighted by Crippen LogP contribution is -2.03. The molecule has 1 heterocycles. The number of thioether (sulfide) groups is 1. The number of nitrogens with zero attached hydrogens (tertiary/aromatic N) is 2. The van der Waals surface area contributed by atoms with Crippen LogP contribution in [0.1, 0.15) is 13.8 Å². The fourth-order valence-electron chi connectivity index (χ4n) is 1.07. The van der Waals surface area contributed by atoms with E-state index in [0.29, 0.717) is 0 Å². The largest absolute Gasteiger partial charge is 0.490 e. The molecule has 1 rings (SSSR count). The number of methoxy groups -OCH3 is 1. The van der Waals surface area contributed by atoms with Crippen molar-refractivity contribution in [3.05, 3.63) is 6.33 Å². The van der Waals surface area contributed by atoms with Gasteiger partial charge in [-0.25, -0.2) is 9.97 Å². The predicted octanol–water partition coefficient (Wildman–Crippen LogP) is 2.03. The van der Waals surface area contributed by atoms with Gasteiger partial charge in [-0.1, -0.05) is 6.92 Å². The lowest BCUT2D eigenvalue weighted by molar-refractivity contribution is 0.400. The number of hydrogen-bond donors (Lipinski definition) is 1. The second-order valence-electron chi connectivity index (χ2n) is 2.52. The van der Waals surface area contributed by atoms with Crippen LogP contribution in [0.15, 0.2) is 11.4 Å². The number of nitrogens with one attached hydrogen (secondary N) is 1. The summed E-state index contributed by atoms with van der Waals surface area (Å²) in [6, 6.07) is 0. The number of anilines is 1. The molecule has 0 bridgehead atoms. The fraction of sp³-hybridized carbons (Fsp3) is 0.556. The van der Waals surface area contributed by atoms with E-state index in [0.717, 1.165) is 28.9 Å². The Labute approximate surface area is 88.5 Å². The van der Waals surface area contributed by atoms with Gasteiger partial charge in [0.2, 0.25) is 0 Å². The summed E-state index contributed by atoms with van der Waals surface area (Å²) < 4.78 is 5.27. The van der Waals surface area contributed by atoms with E-state index in [4.69, 9.17) is 4.74 Å². The van der Waals surface area contributed by atoms with Gasteiger partial charge >= 0.3 is 0 Å². The maximum absolute atomic E-state index is 5.27. The Morgan fingerprint density at radius 3 is 2.79 bits per heavy atom. The molecule has 0 radical (unpaired) electrons. The van der Waals surface area contributed by atoms with E-state index in [-0.39, 0.29) is 0 Å². The van der Waals surface area contributed by atoms with Gasteiger partial charge < -0.3 is 10.1 Å². The SMILES string of the molecule is CCNc1ncnc(SCC)c1OC. The summed E-state index contributed by atoms with van der Waals surface area (Å²) in [6.07, 6.45) is 1.55. The second-order valence-corrected chi connectivity index (χ2v) is 3.78. The van der Waals surface area contributed by atoms with Gasteiger partial charge in [-0.05, 0) is 12.7 Å². The van der Waals surface area contributed by atoms with Crippen molar-refractivity contribution in [1.82, 2.24) is 9.97 Å². The minimum atomic E-state index is 0.737. The molecule has 1 aromatic heterocycles. The van der Waals surface area contributed by atoms with Crippen LogP contribution in [0.2, 0.25) is 0 Å². The third-order valence-electron chi connectivity index (χ3n) is 1.60. The predicted molar refractivity (Wildman–Crippen MR) is 59.1 cm³/mol. The molecule has 0 aromatic carbocycles. The van der Waals surface area contributed by atoms with E-state index in [1.54, 1.807) is 25.2 Å². The van der Waals surface area contributed by atoms with Crippen molar-refractivity contribution < 1.29 is 4.74 Å². The topological polar surface area (TPSA) is 47.0 Å². The van der Waals surface area contributed by atoms with Crippen LogP contribution in [0.25, 0.3) is 0 Å². The highest BCUT2D eigenvalue weighted by Gasteiger charge is 2.10. The number of aromatic nitrogens is 2. The van der Waals surface area contributed by atoms with Crippen molar-refractivity contribution in [3.63, 3.8) is 0 Å². The number of rotatable bonds is 5. The van der Waals surface area contributed by atoms with Crippen molar-refractivity contribution in [3.8, 4) is 5.75 Å². The summed E-state index contributed by atoms with van der Waals surface area (Å²) in [7, 11) is 1.64. The highest BCUT2D eigenvalue weighted by molar-refractivity contribution is 7.99. The van der Waals surface area contributed by atoms with Crippen LogP contribution in [0.5, 0.6) is 5.75 Å². The molecule has 0 spiro atoms. The molecule has 0 aliphatic rings. The molecular weight excluding hydrogens is 198 g/mol. The highest BCUT2D eigenvalue weighted by Crippen LogP contribution is 2.31. The zero-order valence-electron chi connectivity index (χ0n) is 8.70. The Morgan fingerprint density at radius 2 is 2.21 bits per heavy atom. The first-order valence-electron chi connectivity index (χ1n) is 4.59. The standard InChI is InChI=1S/C9H15N3OS/c1-4-10-8-7(13-3)9(14-5-2)12-6-11-8/h6H,4-5H2,1-3H3,(H,10,11,12). The molecular formula is C9H15N3OS. The monoisotopic (exact) mass is 213 g/mol. The lowest BCUT2D eigenvalue weighted by Gasteiger charge is -2.10. The van der Waals surface area contributed by atoms with Crippen molar-refractivity contribution in [2.45, 2.75) is 18.9 Å². The fourth-order valence-corrected chi connectivity index (χ4v) is 1.78. The Hall–Kier alpha value is -0.970. The zero-order valence-corrected chi connectivity index (χ0v) is 9.52. The molecule has 0 saturated carbocycles. The van der Waals surface area contributed by atoms with Gasteiger partial charge in [-0.15, -0.1) is 11.8 Å². The highest BCUT2D eigenvalue weighted by atomic mass is 32.2. The van der Waals surface area contributed by atoms with Crippen LogP contribution in [-0.2, 0) is 0 Å². The average Bonchev–Trinajstić information content (AvgIpc) is 2.19. The van der Waals surface area contributed by atoms with E-state index in [1.165, 1.54) is 0 Å². The van der Waals surface area contributed by atoms with Gasteiger partial charge in [-0.2, -0.15) is 0 Å². The molecule has 1 aromatic rings. The Balaban J connectivity index is 2.98. The van der Waals surface area contributed by atoms with Crippen LogP contribution in [0, 0.1) is 0 Å². The normalized spacial score (nSPS) is 9.93. The Kier molecular flexibility index (Phi) is 4.52. The Morgan fingerprint density at radius 1 is 1.43 bits per heavy atom. The third kappa shape index (κ3) is 2.51. The van der Waals surface area contributed by atoms with E-state index in [2.05, 4.69) is 22.2 Å². The number of ether oxygens (including phenoxy) is 1. The van der Waals surface area contributed by atoms with Crippen LogP contribution in [-0.4, -0.2) is 29.4 Å². The molecule has 14 heavy (non-hydrogen) atoms. The quantitative estimate of drug-likeness (QED) is 0.599. The van der Waals surface area contributed by atoms with Crippen molar-refractivity contribution >= 4 is 17.6 Å². The molecule has 0 amide bonds. The molecule has 4 nitrogen and oxygen atoms in total. The first kappa shape index (κ1) is 11.1. The van der Waals surface area contributed by atoms with Gasteiger partial charge in [-0.3, -0.25) is 0 Å². The van der Waals surface area contributed by atoms with E-state index < -0.39 is 0 Å². The maximum atomic E-state index is 5.27. The summed E-state index contributed by atoms with van der Waals surface area (Å²) in [5.74, 6) is 2.47. The second kappa shape index (κ2) is 5.70. The van der Waals surface area contributed by atoms with Crippen molar-refractivity contribution in [1.29, 1.82) is 0 Å². The van der Waals surface area contributed by atoms with Crippen molar-refractivity contribution in [2.24, 2.45) is 0 Å². The van der Waals surface area contributed by atoms with Crippen molar-refractivity contribution in [2.75, 3.05) is 24.7 Å². The summed E-state index contributed by atoms with van der Waals surface area (Å²) in [5.41, 5.74) is 0. The molecule has 1 N–H and O–H groups in total. The molecule has 0 aliphatic carbocycles. The third-order valence-corrected chi connectivity index (χ3v) is 2.45. The zero-order chi connectivity index (χ0) is 10.4. The first-order valence-corrected chi connectivity index (χ1v) is 5.57. The minimum Gasteiger partial charge on any atom is -0.490 e. The average molecular weight is 213 g/mol. The number of hydrogen-bond acceptors (Lipinski definition) is 5. The minimum absolute atomic E-state index is 0.737. The van der Waals surface area contributed by atoms with E-state index >= 15 is 0 Å². The maximum Gasteiger partial charge on any atom is 0.193 e. The van der Waals surface area contributed by atoms with Crippen LogP contribution >= 0.6 is 11.8 Å². The molecule has 0 atom stereocenters. The smallest absolute Gasteiger partial charge is 0.193 e. The molecule has 0 fully saturated rings. The summed E-state index contributed by atoms with van der Waals surface area (Å²) >= 11 is 1.65. The Bertz CT molecular complexity index is 269. The summed E-state index contributed by atoms with van der Waals surface area (Å²) in [6.45, 7) is 4.93. The molecule has 78 valence electrons. The molecule has 5 heteroatoms. The lowest BCUT2D eigenvalue weighted by atomic mass is 10.5. The van der Waals surface area contributed by atoms with E-state index in [1.807, 2.05) is 6.92 Å². The summed E-state index contributed by atoms with van der Waals surface area (Å²) in [5, 5.41) is 4.03. The van der Waals surface area contributed by atoms with Crippen LogP contribution in [0.4, 0.5) is 5.82 Å². The molecule has 0 aliphatic heterocycles. The van der Waals surface area contributed by atoms with E-state index in [9.17, 15) is 0 Å². The van der Waals surface area contributed by atoms with Gasteiger partial charge in [0.1, 0.15) is 11.4 Å². The first-order chi connectivity index (χ1) is 6.83. The summed E-state index contributed by atoms with van der Waals surface area (Å²) in [4.78, 5) is 8.29. The van der Waals surface area contributed by atoms with Gasteiger partial charge in [0.15, 0.2) is 11.6 Å².